The molecule has 0 fully saturated rings. The smallest absolute Gasteiger partial charge is 0.326 e. The van der Waals surface area contributed by atoms with E-state index in [0.29, 0.717) is 12.0 Å². The van der Waals surface area contributed by atoms with E-state index in [-0.39, 0.29) is 18.8 Å². The quantitative estimate of drug-likeness (QED) is 0.137. The number of fused-ring (bicyclic) bond motifs is 1. The molecule has 4 atom stereocenters. The number of amides is 4. The average molecular weight is 579 g/mol. The van der Waals surface area contributed by atoms with Crippen LogP contribution >= 0.6 is 0 Å². The van der Waals surface area contributed by atoms with Crippen LogP contribution in [0.25, 0.3) is 10.9 Å². The lowest BCUT2D eigenvalue weighted by Crippen LogP contribution is -2.58. The van der Waals surface area contributed by atoms with Gasteiger partial charge in [0.2, 0.25) is 23.6 Å². The van der Waals surface area contributed by atoms with Gasteiger partial charge in [0.15, 0.2) is 0 Å². The number of nitrogens with one attached hydrogen (secondary N) is 4. The predicted molar refractivity (Wildman–Crippen MR) is 157 cm³/mol. The molecule has 4 amide bonds. The highest BCUT2D eigenvalue weighted by molar-refractivity contribution is 5.96. The number of rotatable bonds is 15. The SMILES string of the molecule is CC(C)CC(N)C(=O)NC(Cc1ccccc1)C(=O)NC(CC(N)=O)C(=O)NC(Cc1c[nH]c2ccccc12)C(=O)O. The number of H-pyrrole nitrogens is 1. The first-order valence-electron chi connectivity index (χ1n) is 13.7. The van der Waals surface area contributed by atoms with Crippen molar-refractivity contribution >= 4 is 40.5 Å². The molecule has 3 rings (SSSR count). The van der Waals surface area contributed by atoms with Crippen molar-refractivity contribution in [2.75, 3.05) is 0 Å². The second kappa shape index (κ2) is 14.8. The lowest BCUT2D eigenvalue weighted by atomic mass is 10.0. The molecule has 0 saturated heterocycles. The van der Waals surface area contributed by atoms with E-state index in [1.807, 2.05) is 38.1 Å². The van der Waals surface area contributed by atoms with Gasteiger partial charge in [-0.25, -0.2) is 4.79 Å². The summed E-state index contributed by atoms with van der Waals surface area (Å²) in [6.45, 7) is 3.83. The second-order valence-electron chi connectivity index (χ2n) is 10.7. The molecular weight excluding hydrogens is 540 g/mol. The number of carboxylic acids is 1. The molecule has 224 valence electrons. The van der Waals surface area contributed by atoms with Crippen molar-refractivity contribution in [3.63, 3.8) is 0 Å². The van der Waals surface area contributed by atoms with Crippen LogP contribution in [0.4, 0.5) is 0 Å². The molecule has 0 aliphatic carbocycles. The summed E-state index contributed by atoms with van der Waals surface area (Å²) in [5.74, 6) is -4.25. The highest BCUT2D eigenvalue weighted by Crippen LogP contribution is 2.19. The maximum Gasteiger partial charge on any atom is 0.326 e. The number of benzene rings is 2. The van der Waals surface area contributed by atoms with Crippen LogP contribution in [0.15, 0.2) is 60.8 Å². The van der Waals surface area contributed by atoms with Crippen molar-refractivity contribution in [2.24, 2.45) is 17.4 Å². The van der Waals surface area contributed by atoms with Gasteiger partial charge in [-0.3, -0.25) is 19.2 Å². The van der Waals surface area contributed by atoms with E-state index in [1.165, 1.54) is 0 Å². The van der Waals surface area contributed by atoms with Gasteiger partial charge >= 0.3 is 5.97 Å². The van der Waals surface area contributed by atoms with Gasteiger partial charge in [0.1, 0.15) is 18.1 Å². The first-order chi connectivity index (χ1) is 19.9. The van der Waals surface area contributed by atoms with Gasteiger partial charge in [-0.15, -0.1) is 0 Å². The minimum Gasteiger partial charge on any atom is -0.480 e. The largest absolute Gasteiger partial charge is 0.480 e. The van der Waals surface area contributed by atoms with Crippen molar-refractivity contribution in [1.29, 1.82) is 0 Å². The minimum absolute atomic E-state index is 0.0528. The standard InChI is InChI=1S/C30H38N6O6/c1-17(2)12-21(31)27(38)34-23(13-18-8-4-3-5-9-18)28(39)35-24(15-26(32)37)29(40)36-25(30(41)42)14-19-16-33-22-11-7-6-10-20(19)22/h3-11,16-17,21,23-25,33H,12-15,31H2,1-2H3,(H2,32,37)(H,34,38)(H,35,39)(H,36,40)(H,41,42). The van der Waals surface area contributed by atoms with E-state index in [0.717, 1.165) is 16.5 Å². The number of nitrogens with two attached hydrogens (primary N) is 2. The maximum atomic E-state index is 13.4. The normalized spacial score (nSPS) is 14.0. The summed E-state index contributed by atoms with van der Waals surface area (Å²) < 4.78 is 0. The molecule has 1 heterocycles. The third kappa shape index (κ3) is 9.16. The first kappa shape index (κ1) is 31.8. The summed E-state index contributed by atoms with van der Waals surface area (Å²) >= 11 is 0. The van der Waals surface area contributed by atoms with Gasteiger partial charge in [-0.1, -0.05) is 62.4 Å². The van der Waals surface area contributed by atoms with Crippen LogP contribution in [0.2, 0.25) is 0 Å². The zero-order chi connectivity index (χ0) is 30.8. The highest BCUT2D eigenvalue weighted by Gasteiger charge is 2.32. The van der Waals surface area contributed by atoms with Gasteiger partial charge in [-0.05, 0) is 29.5 Å². The number of carboxylic acid groups (broad SMARTS) is 1. The lowest BCUT2D eigenvalue weighted by molar-refractivity contribution is -0.142. The Hall–Kier alpha value is -4.71. The summed E-state index contributed by atoms with van der Waals surface area (Å²) in [5, 5.41) is 18.2. The number of carbonyl (C=O) groups excluding carboxylic acids is 4. The van der Waals surface area contributed by atoms with Crippen LogP contribution in [-0.4, -0.2) is 63.9 Å². The molecule has 0 radical (unpaired) electrons. The van der Waals surface area contributed by atoms with Crippen LogP contribution < -0.4 is 27.4 Å². The van der Waals surface area contributed by atoms with Gasteiger partial charge in [0.25, 0.3) is 0 Å². The van der Waals surface area contributed by atoms with Gasteiger partial charge in [0, 0.05) is 29.9 Å². The number of aromatic nitrogens is 1. The molecule has 3 aromatic rings. The minimum atomic E-state index is -1.49. The van der Waals surface area contributed by atoms with Crippen molar-refractivity contribution in [2.45, 2.75) is 63.7 Å². The summed E-state index contributed by atoms with van der Waals surface area (Å²) in [4.78, 5) is 66.4. The van der Waals surface area contributed by atoms with Gasteiger partial charge in [-0.2, -0.15) is 0 Å². The highest BCUT2D eigenvalue weighted by atomic mass is 16.4. The molecule has 0 bridgehead atoms. The molecule has 9 N–H and O–H groups in total. The molecule has 12 heteroatoms. The van der Waals surface area contributed by atoms with Crippen LogP contribution in [-0.2, 0) is 36.8 Å². The summed E-state index contributed by atoms with van der Waals surface area (Å²) in [6, 6.07) is 11.4. The third-order valence-corrected chi connectivity index (χ3v) is 6.73. The monoisotopic (exact) mass is 578 g/mol. The van der Waals surface area contributed by atoms with Crippen molar-refractivity contribution < 1.29 is 29.1 Å². The molecular formula is C30H38N6O6. The van der Waals surface area contributed by atoms with Crippen LogP contribution in [0, 0.1) is 5.92 Å². The number of hydrogen-bond donors (Lipinski definition) is 7. The molecule has 0 saturated carbocycles. The van der Waals surface area contributed by atoms with E-state index in [4.69, 9.17) is 11.5 Å². The maximum absolute atomic E-state index is 13.4. The molecule has 0 aliphatic heterocycles. The summed E-state index contributed by atoms with van der Waals surface area (Å²) in [7, 11) is 0. The number of para-hydroxylation sites is 1. The number of hydrogen-bond acceptors (Lipinski definition) is 6. The van der Waals surface area contributed by atoms with E-state index in [2.05, 4.69) is 20.9 Å². The second-order valence-corrected chi connectivity index (χ2v) is 10.7. The number of carbonyl (C=O) groups is 5. The zero-order valence-electron chi connectivity index (χ0n) is 23.6. The average Bonchev–Trinajstić information content (AvgIpc) is 3.34. The van der Waals surface area contributed by atoms with Crippen molar-refractivity contribution in [3.05, 3.63) is 71.9 Å². The molecule has 0 aliphatic rings. The molecule has 42 heavy (non-hydrogen) atoms. The number of aliphatic carboxylic acids is 1. The van der Waals surface area contributed by atoms with E-state index >= 15 is 0 Å². The molecule has 0 spiro atoms. The Bertz CT molecular complexity index is 1410. The molecule has 2 aromatic carbocycles. The van der Waals surface area contributed by atoms with E-state index in [9.17, 15) is 29.1 Å². The Labute approximate surface area is 243 Å². The zero-order valence-corrected chi connectivity index (χ0v) is 23.6. The van der Waals surface area contributed by atoms with Crippen molar-refractivity contribution in [3.8, 4) is 0 Å². The van der Waals surface area contributed by atoms with Crippen molar-refractivity contribution in [1.82, 2.24) is 20.9 Å². The van der Waals surface area contributed by atoms with E-state index < -0.39 is 60.2 Å². The number of aromatic amines is 1. The third-order valence-electron chi connectivity index (χ3n) is 6.73. The Balaban J connectivity index is 1.78. The fourth-order valence-electron chi connectivity index (χ4n) is 4.63. The fraction of sp³-hybridized carbons (Fsp3) is 0.367. The van der Waals surface area contributed by atoms with Crippen LogP contribution in [0.1, 0.15) is 37.8 Å². The van der Waals surface area contributed by atoms with Crippen LogP contribution in [0.5, 0.6) is 0 Å². The lowest BCUT2D eigenvalue weighted by Gasteiger charge is -2.25. The Morgan fingerprint density at radius 3 is 2.05 bits per heavy atom. The summed E-state index contributed by atoms with van der Waals surface area (Å²) in [5.41, 5.74) is 13.6. The Kier molecular flexibility index (Phi) is 11.2. The summed E-state index contributed by atoms with van der Waals surface area (Å²) in [6.07, 6.45) is 1.50. The first-order valence-corrected chi connectivity index (χ1v) is 13.7. The Morgan fingerprint density at radius 1 is 0.810 bits per heavy atom. The predicted octanol–water partition coefficient (Wildman–Crippen LogP) is 0.741. The van der Waals surface area contributed by atoms with Gasteiger partial charge in [0.05, 0.1) is 12.5 Å². The molecule has 4 unspecified atom stereocenters. The van der Waals surface area contributed by atoms with E-state index in [1.54, 1.807) is 36.5 Å². The topological polar surface area (TPSA) is 209 Å². The molecule has 1 aromatic heterocycles. The van der Waals surface area contributed by atoms with Crippen LogP contribution in [0.3, 0.4) is 0 Å². The molecule has 12 nitrogen and oxygen atoms in total. The number of primary amides is 1. The Morgan fingerprint density at radius 2 is 1.40 bits per heavy atom. The fourth-order valence-corrected chi connectivity index (χ4v) is 4.63. The van der Waals surface area contributed by atoms with Gasteiger partial charge < -0.3 is 37.5 Å².